The molecule has 0 spiro atoms. The number of aromatic amines is 1. The van der Waals surface area contributed by atoms with E-state index in [0.29, 0.717) is 23.3 Å². The SMILES string of the molecule is N.O=c1cc(-c2cnc(OC3CC(c4cccc(-c5cnco5)c4)C3)cn2)o[nH]1. The predicted molar refractivity (Wildman–Crippen MR) is 104 cm³/mol. The van der Waals surface area contributed by atoms with Crippen LogP contribution in [0.3, 0.4) is 0 Å². The van der Waals surface area contributed by atoms with Crippen molar-refractivity contribution in [2.45, 2.75) is 24.9 Å². The summed E-state index contributed by atoms with van der Waals surface area (Å²) in [5.74, 6) is 2.01. The Bertz CT molecular complexity index is 1130. The van der Waals surface area contributed by atoms with Gasteiger partial charge < -0.3 is 19.8 Å². The number of nitrogens with zero attached hydrogens (tertiary/aromatic N) is 3. The van der Waals surface area contributed by atoms with E-state index in [1.807, 2.05) is 12.1 Å². The molecule has 0 radical (unpaired) electrons. The molecule has 0 bridgehead atoms. The van der Waals surface area contributed by atoms with Crippen LogP contribution in [0.1, 0.15) is 24.3 Å². The molecule has 1 aromatic carbocycles. The zero-order valence-corrected chi connectivity index (χ0v) is 15.4. The Hall–Kier alpha value is -3.72. The Balaban J connectivity index is 0.00000205. The van der Waals surface area contributed by atoms with Crippen molar-refractivity contribution in [3.8, 4) is 28.7 Å². The summed E-state index contributed by atoms with van der Waals surface area (Å²) in [5, 5.41) is 2.23. The number of benzene rings is 1. The number of H-pyrrole nitrogens is 1. The molecule has 0 amide bonds. The van der Waals surface area contributed by atoms with Gasteiger partial charge in [-0.1, -0.05) is 18.2 Å². The molecule has 9 nitrogen and oxygen atoms in total. The van der Waals surface area contributed by atoms with Gasteiger partial charge in [0.1, 0.15) is 11.8 Å². The first-order valence-corrected chi connectivity index (χ1v) is 8.91. The van der Waals surface area contributed by atoms with Gasteiger partial charge in [-0.05, 0) is 30.4 Å². The number of hydrogen-bond donors (Lipinski definition) is 2. The fraction of sp³-hybridized carbons (Fsp3) is 0.200. The van der Waals surface area contributed by atoms with Crippen LogP contribution in [0.15, 0.2) is 69.1 Å². The zero-order chi connectivity index (χ0) is 18.9. The van der Waals surface area contributed by atoms with E-state index in [0.717, 1.165) is 24.2 Å². The Labute approximate surface area is 165 Å². The third-order valence-electron chi connectivity index (χ3n) is 4.86. The third kappa shape index (κ3) is 3.81. The van der Waals surface area contributed by atoms with Crippen molar-refractivity contribution in [2.75, 3.05) is 0 Å². The lowest BCUT2D eigenvalue weighted by atomic mass is 9.77. The predicted octanol–water partition coefficient (Wildman–Crippen LogP) is 3.57. The quantitative estimate of drug-likeness (QED) is 0.524. The van der Waals surface area contributed by atoms with Crippen LogP contribution < -0.4 is 16.4 Å². The summed E-state index contributed by atoms with van der Waals surface area (Å²) in [6.07, 6.45) is 8.15. The number of aromatic nitrogens is 4. The van der Waals surface area contributed by atoms with Crippen molar-refractivity contribution in [1.82, 2.24) is 26.3 Å². The number of nitrogens with one attached hydrogen (secondary N) is 1. The third-order valence-corrected chi connectivity index (χ3v) is 4.86. The summed E-state index contributed by atoms with van der Waals surface area (Å²) < 4.78 is 16.3. The first kappa shape index (κ1) is 18.6. The summed E-state index contributed by atoms with van der Waals surface area (Å²) in [6.45, 7) is 0. The Kier molecular flexibility index (Phi) is 4.96. The highest BCUT2D eigenvalue weighted by Crippen LogP contribution is 2.40. The van der Waals surface area contributed by atoms with Gasteiger partial charge >= 0.3 is 0 Å². The summed E-state index contributed by atoms with van der Waals surface area (Å²) in [7, 11) is 0. The average molecular weight is 393 g/mol. The highest BCUT2D eigenvalue weighted by atomic mass is 16.5. The van der Waals surface area contributed by atoms with Crippen molar-refractivity contribution in [1.29, 1.82) is 0 Å². The van der Waals surface area contributed by atoms with Crippen molar-refractivity contribution in [3.05, 3.63) is 71.2 Å². The average Bonchev–Trinajstić information content (AvgIpc) is 3.37. The molecule has 0 saturated heterocycles. The molecular weight excluding hydrogens is 374 g/mol. The number of hydrogen-bond acceptors (Lipinski definition) is 8. The lowest BCUT2D eigenvalue weighted by Gasteiger charge is -2.35. The Morgan fingerprint density at radius 1 is 1.07 bits per heavy atom. The van der Waals surface area contributed by atoms with Crippen LogP contribution in [-0.4, -0.2) is 26.2 Å². The van der Waals surface area contributed by atoms with Crippen LogP contribution in [0.25, 0.3) is 22.8 Å². The largest absolute Gasteiger partial charge is 0.473 e. The second-order valence-corrected chi connectivity index (χ2v) is 6.72. The molecule has 1 fully saturated rings. The zero-order valence-electron chi connectivity index (χ0n) is 15.4. The standard InChI is InChI=1S/C20H16N4O4.H3N/c25-19-7-17(28-24-19)16-8-23-20(10-22-16)27-15-5-14(6-15)12-2-1-3-13(4-12)18-9-21-11-26-18;/h1-4,7-11,14-15H,5-6H2,(H,24,25);1H3. The lowest BCUT2D eigenvalue weighted by Crippen LogP contribution is -2.32. The van der Waals surface area contributed by atoms with E-state index in [1.165, 1.54) is 24.2 Å². The van der Waals surface area contributed by atoms with Crippen LogP contribution in [0, 0.1) is 0 Å². The second-order valence-electron chi connectivity index (χ2n) is 6.72. The maximum absolute atomic E-state index is 11.1. The van der Waals surface area contributed by atoms with E-state index in [4.69, 9.17) is 13.7 Å². The lowest BCUT2D eigenvalue weighted by molar-refractivity contribution is 0.0931. The summed E-state index contributed by atoms with van der Waals surface area (Å²) in [6, 6.07) is 9.64. The molecule has 3 heterocycles. The first-order valence-electron chi connectivity index (χ1n) is 8.91. The van der Waals surface area contributed by atoms with Gasteiger partial charge in [-0.3, -0.25) is 4.79 Å². The molecule has 3 aromatic heterocycles. The summed E-state index contributed by atoms with van der Waals surface area (Å²) in [5.41, 5.74) is 2.45. The normalized spacial score (nSPS) is 17.9. The minimum absolute atomic E-state index is 0. The topological polar surface area (TPSA) is 142 Å². The molecule has 1 aliphatic carbocycles. The van der Waals surface area contributed by atoms with E-state index in [9.17, 15) is 4.79 Å². The fourth-order valence-electron chi connectivity index (χ4n) is 3.32. The Morgan fingerprint density at radius 3 is 2.66 bits per heavy atom. The van der Waals surface area contributed by atoms with Crippen LogP contribution in [0.5, 0.6) is 5.88 Å². The highest BCUT2D eigenvalue weighted by molar-refractivity contribution is 5.57. The molecule has 9 heteroatoms. The number of oxazole rings is 1. The minimum Gasteiger partial charge on any atom is -0.473 e. The van der Waals surface area contributed by atoms with E-state index < -0.39 is 0 Å². The number of rotatable bonds is 5. The molecule has 4 N–H and O–H groups in total. The van der Waals surface area contributed by atoms with Crippen molar-refractivity contribution in [2.24, 2.45) is 0 Å². The molecule has 29 heavy (non-hydrogen) atoms. The molecular formula is C20H19N5O4. The Morgan fingerprint density at radius 2 is 1.97 bits per heavy atom. The maximum Gasteiger partial charge on any atom is 0.280 e. The van der Waals surface area contributed by atoms with Gasteiger partial charge in [-0.25, -0.2) is 15.0 Å². The van der Waals surface area contributed by atoms with Crippen LogP contribution >= 0.6 is 0 Å². The smallest absolute Gasteiger partial charge is 0.280 e. The summed E-state index contributed by atoms with van der Waals surface area (Å²) >= 11 is 0. The summed E-state index contributed by atoms with van der Waals surface area (Å²) in [4.78, 5) is 23.6. The van der Waals surface area contributed by atoms with Gasteiger partial charge in [0.2, 0.25) is 5.88 Å². The minimum atomic E-state index is -0.315. The molecule has 4 aromatic rings. The van der Waals surface area contributed by atoms with Gasteiger partial charge in [0.25, 0.3) is 5.56 Å². The van der Waals surface area contributed by atoms with E-state index in [1.54, 1.807) is 12.4 Å². The van der Waals surface area contributed by atoms with Crippen molar-refractivity contribution in [3.63, 3.8) is 0 Å². The highest BCUT2D eigenvalue weighted by Gasteiger charge is 2.32. The van der Waals surface area contributed by atoms with E-state index >= 15 is 0 Å². The second kappa shape index (κ2) is 7.72. The van der Waals surface area contributed by atoms with Crippen LogP contribution in [-0.2, 0) is 0 Å². The van der Waals surface area contributed by atoms with Gasteiger partial charge in [-0.15, -0.1) is 0 Å². The fourth-order valence-corrected chi connectivity index (χ4v) is 3.32. The van der Waals surface area contributed by atoms with Gasteiger partial charge in [0.15, 0.2) is 17.9 Å². The molecule has 0 aliphatic heterocycles. The van der Waals surface area contributed by atoms with Gasteiger partial charge in [0.05, 0.1) is 24.7 Å². The molecule has 148 valence electrons. The van der Waals surface area contributed by atoms with E-state index in [-0.39, 0.29) is 17.8 Å². The molecule has 1 aliphatic rings. The monoisotopic (exact) mass is 393 g/mol. The van der Waals surface area contributed by atoms with Crippen LogP contribution in [0.4, 0.5) is 0 Å². The van der Waals surface area contributed by atoms with Gasteiger partial charge in [0, 0.05) is 5.56 Å². The maximum atomic E-state index is 11.1. The van der Waals surface area contributed by atoms with Crippen molar-refractivity contribution >= 4 is 0 Å². The number of ether oxygens (including phenoxy) is 1. The van der Waals surface area contributed by atoms with Crippen LogP contribution in [0.2, 0.25) is 0 Å². The molecule has 5 rings (SSSR count). The van der Waals surface area contributed by atoms with Crippen molar-refractivity contribution < 1.29 is 13.7 Å². The first-order chi connectivity index (χ1) is 13.7. The molecule has 0 unspecified atom stereocenters. The van der Waals surface area contributed by atoms with Gasteiger partial charge in [-0.2, -0.15) is 5.16 Å². The van der Waals surface area contributed by atoms with E-state index in [2.05, 4.69) is 32.2 Å². The molecule has 1 saturated carbocycles. The molecule has 0 atom stereocenters.